The van der Waals surface area contributed by atoms with Gasteiger partial charge < -0.3 is 9.88 Å². The molecule has 2 aromatic rings. The number of benzene rings is 1. The summed E-state index contributed by atoms with van der Waals surface area (Å²) in [5.74, 6) is -2.74. The van der Waals surface area contributed by atoms with Crippen LogP contribution in [-0.2, 0) is 16.9 Å². The third-order valence-corrected chi connectivity index (χ3v) is 3.90. The first-order valence-corrected chi connectivity index (χ1v) is 7.70. The number of anilines is 1. The van der Waals surface area contributed by atoms with Crippen molar-refractivity contribution in [1.82, 2.24) is 4.57 Å². The quantitative estimate of drug-likeness (QED) is 0.941. The summed E-state index contributed by atoms with van der Waals surface area (Å²) in [6.45, 7) is 0. The zero-order chi connectivity index (χ0) is 15.8. The van der Waals surface area contributed by atoms with E-state index in [0.29, 0.717) is 0 Å². The van der Waals surface area contributed by atoms with Gasteiger partial charge in [0.2, 0.25) is 0 Å². The van der Waals surface area contributed by atoms with Crippen LogP contribution in [0.1, 0.15) is 10.5 Å². The molecular weight excluding hydrogens is 302 g/mol. The third kappa shape index (κ3) is 3.27. The van der Waals surface area contributed by atoms with Gasteiger partial charge in [-0.05, 0) is 18.2 Å². The number of amides is 1. The normalized spacial score (nSPS) is 11.4. The van der Waals surface area contributed by atoms with E-state index in [-0.39, 0.29) is 16.3 Å². The van der Waals surface area contributed by atoms with E-state index in [4.69, 9.17) is 0 Å². The molecule has 0 fully saturated rings. The van der Waals surface area contributed by atoms with Gasteiger partial charge in [-0.2, -0.15) is 0 Å². The van der Waals surface area contributed by atoms with Gasteiger partial charge in [0.25, 0.3) is 5.91 Å². The van der Waals surface area contributed by atoms with Gasteiger partial charge in [0.05, 0.1) is 4.90 Å². The van der Waals surface area contributed by atoms with Crippen molar-refractivity contribution in [2.75, 3.05) is 11.6 Å². The van der Waals surface area contributed by atoms with E-state index in [1.807, 2.05) is 0 Å². The average Bonchev–Trinajstić information content (AvgIpc) is 2.76. The van der Waals surface area contributed by atoms with Gasteiger partial charge in [-0.1, -0.05) is 0 Å². The topological polar surface area (TPSA) is 68.2 Å². The van der Waals surface area contributed by atoms with Crippen LogP contribution in [0.4, 0.5) is 14.5 Å². The van der Waals surface area contributed by atoms with Crippen LogP contribution in [0.5, 0.6) is 0 Å². The number of halogens is 2. The highest BCUT2D eigenvalue weighted by atomic mass is 32.2. The first kappa shape index (κ1) is 15.2. The van der Waals surface area contributed by atoms with E-state index in [9.17, 15) is 22.0 Å². The summed E-state index contributed by atoms with van der Waals surface area (Å²) >= 11 is 0. The fourth-order valence-electron chi connectivity index (χ4n) is 1.73. The Morgan fingerprint density at radius 3 is 2.38 bits per heavy atom. The SMILES string of the molecule is Cn1cc(S(C)(=O)=O)cc1C(=O)Nc1ccc(F)c(F)c1. The Bertz CT molecular complexity index is 813. The van der Waals surface area contributed by atoms with Gasteiger partial charge in [-0.25, -0.2) is 17.2 Å². The molecule has 0 saturated carbocycles. The summed E-state index contributed by atoms with van der Waals surface area (Å²) in [4.78, 5) is 12.0. The van der Waals surface area contributed by atoms with Gasteiger partial charge in [-0.15, -0.1) is 0 Å². The van der Waals surface area contributed by atoms with Crippen LogP contribution < -0.4 is 5.32 Å². The Balaban J connectivity index is 2.28. The second kappa shape index (κ2) is 5.28. The van der Waals surface area contributed by atoms with Crippen LogP contribution in [0.2, 0.25) is 0 Å². The van der Waals surface area contributed by atoms with Crippen molar-refractivity contribution in [3.05, 3.63) is 47.8 Å². The first-order chi connectivity index (χ1) is 9.68. The number of nitrogens with zero attached hydrogens (tertiary/aromatic N) is 1. The Morgan fingerprint density at radius 1 is 1.19 bits per heavy atom. The predicted molar refractivity (Wildman–Crippen MR) is 72.8 cm³/mol. The lowest BCUT2D eigenvalue weighted by molar-refractivity contribution is 0.101. The monoisotopic (exact) mass is 314 g/mol. The van der Waals surface area contributed by atoms with Crippen LogP contribution in [0.25, 0.3) is 0 Å². The largest absolute Gasteiger partial charge is 0.345 e. The lowest BCUT2D eigenvalue weighted by Crippen LogP contribution is -2.15. The lowest BCUT2D eigenvalue weighted by atomic mass is 10.3. The molecule has 5 nitrogen and oxygen atoms in total. The van der Waals surface area contributed by atoms with Crippen LogP contribution in [0, 0.1) is 11.6 Å². The molecule has 0 saturated heterocycles. The van der Waals surface area contributed by atoms with Crippen molar-refractivity contribution >= 4 is 21.4 Å². The molecule has 1 amide bonds. The second-order valence-electron chi connectivity index (χ2n) is 4.53. The summed E-state index contributed by atoms with van der Waals surface area (Å²) in [7, 11) is -1.92. The van der Waals surface area contributed by atoms with E-state index in [1.165, 1.54) is 29.9 Å². The predicted octanol–water partition coefficient (Wildman–Crippen LogP) is 1.96. The molecule has 8 heteroatoms. The molecule has 21 heavy (non-hydrogen) atoms. The van der Waals surface area contributed by atoms with Crippen LogP contribution in [0.15, 0.2) is 35.4 Å². The maximum Gasteiger partial charge on any atom is 0.272 e. The summed E-state index contributed by atoms with van der Waals surface area (Å²) in [6.07, 6.45) is 2.33. The fraction of sp³-hybridized carbons (Fsp3) is 0.154. The highest BCUT2D eigenvalue weighted by Crippen LogP contribution is 2.17. The van der Waals surface area contributed by atoms with E-state index in [0.717, 1.165) is 18.4 Å². The van der Waals surface area contributed by atoms with E-state index >= 15 is 0 Å². The number of carbonyl (C=O) groups is 1. The molecule has 1 N–H and O–H groups in total. The average molecular weight is 314 g/mol. The molecule has 0 bridgehead atoms. The molecule has 112 valence electrons. The maximum absolute atomic E-state index is 13.1. The van der Waals surface area contributed by atoms with Gasteiger partial charge in [0.1, 0.15) is 5.69 Å². The molecule has 0 radical (unpaired) electrons. The summed E-state index contributed by atoms with van der Waals surface area (Å²) in [5.41, 5.74) is 0.154. The Morgan fingerprint density at radius 2 is 1.86 bits per heavy atom. The van der Waals surface area contributed by atoms with Gasteiger partial charge in [-0.3, -0.25) is 4.79 Å². The van der Waals surface area contributed by atoms with E-state index in [1.54, 1.807) is 0 Å². The Hall–Kier alpha value is -2.22. The molecule has 0 aliphatic heterocycles. The molecule has 0 aliphatic rings. The molecular formula is C13H12F2N2O3S. The Labute approximate surface area is 120 Å². The maximum atomic E-state index is 13.1. The first-order valence-electron chi connectivity index (χ1n) is 5.81. The summed E-state index contributed by atoms with van der Waals surface area (Å²) in [5, 5.41) is 2.37. The fourth-order valence-corrected chi connectivity index (χ4v) is 2.41. The van der Waals surface area contributed by atoms with Crippen LogP contribution in [-0.4, -0.2) is 25.1 Å². The zero-order valence-corrected chi connectivity index (χ0v) is 12.0. The van der Waals surface area contributed by atoms with Gasteiger partial charge in [0, 0.05) is 31.3 Å². The number of aromatic nitrogens is 1. The molecule has 0 unspecified atom stereocenters. The summed E-state index contributed by atoms with van der Waals surface area (Å²) < 4.78 is 50.0. The number of carbonyl (C=O) groups excluding carboxylic acids is 1. The number of aryl methyl sites for hydroxylation is 1. The highest BCUT2D eigenvalue weighted by Gasteiger charge is 2.17. The molecule has 0 aliphatic carbocycles. The second-order valence-corrected chi connectivity index (χ2v) is 6.54. The van der Waals surface area contributed by atoms with E-state index in [2.05, 4.69) is 5.32 Å². The molecule has 1 heterocycles. The number of nitrogens with one attached hydrogen (secondary N) is 1. The van der Waals surface area contributed by atoms with Crippen molar-refractivity contribution < 1.29 is 22.0 Å². The smallest absolute Gasteiger partial charge is 0.272 e. The minimum atomic E-state index is -3.43. The number of rotatable bonds is 3. The molecule has 0 atom stereocenters. The van der Waals surface area contributed by atoms with Gasteiger partial charge >= 0.3 is 0 Å². The minimum Gasteiger partial charge on any atom is -0.345 e. The zero-order valence-electron chi connectivity index (χ0n) is 11.2. The third-order valence-electron chi connectivity index (χ3n) is 2.82. The van der Waals surface area contributed by atoms with E-state index < -0.39 is 27.4 Å². The molecule has 1 aromatic heterocycles. The van der Waals surface area contributed by atoms with Crippen molar-refractivity contribution in [2.24, 2.45) is 7.05 Å². The van der Waals surface area contributed by atoms with Crippen molar-refractivity contribution in [3.63, 3.8) is 0 Å². The van der Waals surface area contributed by atoms with Crippen LogP contribution >= 0.6 is 0 Å². The molecule has 0 spiro atoms. The Kier molecular flexibility index (Phi) is 3.82. The lowest BCUT2D eigenvalue weighted by Gasteiger charge is -2.06. The van der Waals surface area contributed by atoms with Crippen LogP contribution in [0.3, 0.4) is 0 Å². The standard InChI is InChI=1S/C13H12F2N2O3S/c1-17-7-9(21(2,19)20)6-12(17)13(18)16-8-3-4-10(14)11(15)5-8/h3-7H,1-2H3,(H,16,18). The number of hydrogen-bond acceptors (Lipinski definition) is 3. The van der Waals surface area contributed by atoms with Crippen molar-refractivity contribution in [3.8, 4) is 0 Å². The van der Waals surface area contributed by atoms with Gasteiger partial charge in [0.15, 0.2) is 21.5 Å². The van der Waals surface area contributed by atoms with Crippen molar-refractivity contribution in [1.29, 1.82) is 0 Å². The molecule has 2 rings (SSSR count). The highest BCUT2D eigenvalue weighted by molar-refractivity contribution is 7.90. The summed E-state index contributed by atoms with van der Waals surface area (Å²) in [6, 6.07) is 4.15. The number of sulfone groups is 1. The van der Waals surface area contributed by atoms with Crippen molar-refractivity contribution in [2.45, 2.75) is 4.90 Å². The number of hydrogen-bond donors (Lipinski definition) is 1. The molecule has 1 aromatic carbocycles. The minimum absolute atomic E-state index is 0.000404.